The quantitative estimate of drug-likeness (QED) is 0.418. The number of fused-ring (bicyclic) bond motifs is 3. The lowest BCUT2D eigenvalue weighted by Gasteiger charge is -2.10. The number of carbonyl (C=O) groups is 2. The molecule has 29 heavy (non-hydrogen) atoms. The number of nitrogens with zero attached hydrogens (tertiary/aromatic N) is 1. The second kappa shape index (κ2) is 7.01. The van der Waals surface area contributed by atoms with E-state index in [1.54, 1.807) is 41.0 Å². The molecule has 0 aliphatic heterocycles. The number of amides is 1. The van der Waals surface area contributed by atoms with Gasteiger partial charge in [-0.05, 0) is 36.4 Å². The molecule has 0 saturated carbocycles. The molecule has 7 heteroatoms. The minimum absolute atomic E-state index is 0.117. The molecule has 4 aromatic rings. The maximum atomic E-state index is 14.3. The van der Waals surface area contributed by atoms with Crippen LogP contribution in [0.4, 0.5) is 8.78 Å². The van der Waals surface area contributed by atoms with Crippen molar-refractivity contribution in [3.05, 3.63) is 77.4 Å². The first-order valence-electron chi connectivity index (χ1n) is 8.83. The van der Waals surface area contributed by atoms with Crippen molar-refractivity contribution in [2.75, 3.05) is 0 Å². The lowest BCUT2D eigenvalue weighted by Crippen LogP contribution is -2.11. The number of hydrogen-bond donors (Lipinski definition) is 1. The molecule has 2 N–H and O–H groups in total. The van der Waals surface area contributed by atoms with Crippen molar-refractivity contribution in [1.29, 1.82) is 0 Å². The van der Waals surface area contributed by atoms with E-state index < -0.39 is 23.5 Å². The van der Waals surface area contributed by atoms with E-state index >= 15 is 0 Å². The van der Waals surface area contributed by atoms with Gasteiger partial charge in [-0.3, -0.25) is 9.59 Å². The molecule has 3 aromatic carbocycles. The molecular formula is C22H16F2N2O3. The molecular weight excluding hydrogens is 378 g/mol. The molecule has 4 rings (SSSR count). The van der Waals surface area contributed by atoms with Gasteiger partial charge in [0.2, 0.25) is 5.91 Å². The topological polar surface area (TPSA) is 74.3 Å². The van der Waals surface area contributed by atoms with Crippen LogP contribution in [0.15, 0.2) is 54.6 Å². The summed E-state index contributed by atoms with van der Waals surface area (Å²) in [5, 5.41) is 0.937. The number of aromatic nitrogens is 1. The van der Waals surface area contributed by atoms with Crippen LogP contribution in [0.3, 0.4) is 0 Å². The molecule has 0 atom stereocenters. The Hall–Kier alpha value is -3.74. The van der Waals surface area contributed by atoms with Crippen LogP contribution in [-0.4, -0.2) is 16.4 Å². The van der Waals surface area contributed by atoms with Crippen molar-refractivity contribution in [3.8, 4) is 5.75 Å². The predicted octanol–water partition coefficient (Wildman–Crippen LogP) is 4.15. The van der Waals surface area contributed by atoms with Crippen LogP contribution in [0.5, 0.6) is 5.75 Å². The lowest BCUT2D eigenvalue weighted by atomic mass is 10.1. The number of ether oxygens (including phenoxy) is 1. The van der Waals surface area contributed by atoms with Gasteiger partial charge in [0, 0.05) is 23.4 Å². The fraction of sp³-hybridized carbons (Fsp3) is 0.0909. The number of rotatable bonds is 4. The average Bonchev–Trinajstić information content (AvgIpc) is 2.99. The van der Waals surface area contributed by atoms with Crippen LogP contribution in [0, 0.1) is 11.6 Å². The van der Waals surface area contributed by atoms with Gasteiger partial charge >= 0.3 is 5.97 Å². The number of halogens is 2. The molecule has 0 aliphatic rings. The van der Waals surface area contributed by atoms with Gasteiger partial charge < -0.3 is 15.0 Å². The second-order valence-electron chi connectivity index (χ2n) is 6.59. The summed E-state index contributed by atoms with van der Waals surface area (Å²) in [6, 6.07) is 13.6. The maximum absolute atomic E-state index is 14.3. The number of esters is 1. The summed E-state index contributed by atoms with van der Waals surface area (Å²) in [5.41, 5.74) is 6.75. The highest BCUT2D eigenvalue weighted by Crippen LogP contribution is 2.38. The van der Waals surface area contributed by atoms with Crippen LogP contribution in [-0.2, 0) is 11.3 Å². The number of benzene rings is 3. The van der Waals surface area contributed by atoms with Gasteiger partial charge in [-0.15, -0.1) is 0 Å². The monoisotopic (exact) mass is 394 g/mol. The summed E-state index contributed by atoms with van der Waals surface area (Å²) >= 11 is 0. The Morgan fingerprint density at radius 2 is 1.52 bits per heavy atom. The smallest absolute Gasteiger partial charge is 0.308 e. The van der Waals surface area contributed by atoms with E-state index in [0.29, 0.717) is 21.8 Å². The Balaban J connectivity index is 2.10. The van der Waals surface area contributed by atoms with Gasteiger partial charge in [0.25, 0.3) is 0 Å². The molecule has 0 fully saturated rings. The van der Waals surface area contributed by atoms with Crippen LogP contribution in [0.25, 0.3) is 21.8 Å². The summed E-state index contributed by atoms with van der Waals surface area (Å²) in [5.74, 6) is -2.31. The minimum atomic E-state index is -0.679. The Morgan fingerprint density at radius 1 is 0.931 bits per heavy atom. The number of primary amides is 1. The number of carbonyl (C=O) groups excluding carboxylic acids is 2. The predicted molar refractivity (Wildman–Crippen MR) is 105 cm³/mol. The molecule has 0 spiro atoms. The van der Waals surface area contributed by atoms with Gasteiger partial charge in [0.15, 0.2) is 0 Å². The molecule has 5 nitrogen and oxygen atoms in total. The zero-order valence-electron chi connectivity index (χ0n) is 15.4. The standard InChI is InChI=1S/C22H16F2N2O3/c1-12(27)29-19-10-4-9-18-21(19)20-13(22(25)28)5-2-8-17(20)26(18)11-14-15(23)6-3-7-16(14)24/h2-10H,11H2,1H3,(H2,25,28). The third-order valence-corrected chi connectivity index (χ3v) is 4.78. The first-order valence-corrected chi connectivity index (χ1v) is 8.83. The van der Waals surface area contributed by atoms with E-state index in [2.05, 4.69) is 0 Å². The summed E-state index contributed by atoms with van der Waals surface area (Å²) in [6.07, 6.45) is 0. The van der Waals surface area contributed by atoms with Gasteiger partial charge in [-0.2, -0.15) is 0 Å². The normalized spacial score (nSPS) is 11.1. The van der Waals surface area contributed by atoms with Crippen LogP contribution < -0.4 is 10.5 Å². The Kier molecular flexibility index (Phi) is 4.50. The van der Waals surface area contributed by atoms with Gasteiger partial charge in [-0.1, -0.05) is 18.2 Å². The van der Waals surface area contributed by atoms with Crippen LogP contribution in [0.2, 0.25) is 0 Å². The molecule has 146 valence electrons. The van der Waals surface area contributed by atoms with Crippen molar-refractivity contribution in [1.82, 2.24) is 4.57 Å². The van der Waals surface area contributed by atoms with E-state index in [1.807, 2.05) is 0 Å². The van der Waals surface area contributed by atoms with E-state index in [1.165, 1.54) is 25.1 Å². The first kappa shape index (κ1) is 18.6. The minimum Gasteiger partial charge on any atom is -0.426 e. The van der Waals surface area contributed by atoms with E-state index in [-0.39, 0.29) is 23.4 Å². The van der Waals surface area contributed by atoms with Gasteiger partial charge in [-0.25, -0.2) is 8.78 Å². The van der Waals surface area contributed by atoms with Crippen LogP contribution >= 0.6 is 0 Å². The van der Waals surface area contributed by atoms with Crippen molar-refractivity contribution in [2.45, 2.75) is 13.5 Å². The molecule has 0 radical (unpaired) electrons. The fourth-order valence-electron chi connectivity index (χ4n) is 3.61. The van der Waals surface area contributed by atoms with Crippen molar-refractivity contribution < 1.29 is 23.1 Å². The van der Waals surface area contributed by atoms with Crippen molar-refractivity contribution in [3.63, 3.8) is 0 Å². The third-order valence-electron chi connectivity index (χ3n) is 4.78. The van der Waals surface area contributed by atoms with E-state index in [0.717, 1.165) is 0 Å². The lowest BCUT2D eigenvalue weighted by molar-refractivity contribution is -0.131. The number of hydrogen-bond acceptors (Lipinski definition) is 3. The van der Waals surface area contributed by atoms with Gasteiger partial charge in [0.1, 0.15) is 17.4 Å². The van der Waals surface area contributed by atoms with E-state index in [9.17, 15) is 18.4 Å². The highest BCUT2D eigenvalue weighted by Gasteiger charge is 2.21. The van der Waals surface area contributed by atoms with Gasteiger partial charge in [0.05, 0.1) is 23.0 Å². The highest BCUT2D eigenvalue weighted by molar-refractivity contribution is 6.20. The summed E-state index contributed by atoms with van der Waals surface area (Å²) < 4.78 is 35.6. The second-order valence-corrected chi connectivity index (χ2v) is 6.59. The Bertz CT molecular complexity index is 1270. The molecule has 1 amide bonds. The molecule has 1 heterocycles. The largest absolute Gasteiger partial charge is 0.426 e. The van der Waals surface area contributed by atoms with Crippen molar-refractivity contribution in [2.24, 2.45) is 5.73 Å². The molecule has 0 saturated heterocycles. The van der Waals surface area contributed by atoms with Crippen LogP contribution in [0.1, 0.15) is 22.8 Å². The maximum Gasteiger partial charge on any atom is 0.308 e. The van der Waals surface area contributed by atoms with Crippen molar-refractivity contribution >= 4 is 33.7 Å². The summed E-state index contributed by atoms with van der Waals surface area (Å²) in [6.45, 7) is 1.14. The zero-order valence-corrected chi connectivity index (χ0v) is 15.4. The third kappa shape index (κ3) is 3.10. The molecule has 1 aromatic heterocycles. The Labute approximate surface area is 164 Å². The summed E-state index contributed by atoms with van der Waals surface area (Å²) in [4.78, 5) is 23.6. The molecule has 0 bridgehead atoms. The summed E-state index contributed by atoms with van der Waals surface area (Å²) in [7, 11) is 0. The molecule has 0 aliphatic carbocycles. The molecule has 0 unspecified atom stereocenters. The number of nitrogens with two attached hydrogens (primary N) is 1. The Morgan fingerprint density at radius 3 is 2.14 bits per heavy atom. The first-order chi connectivity index (χ1) is 13.9. The average molecular weight is 394 g/mol. The zero-order chi connectivity index (χ0) is 20.7. The highest BCUT2D eigenvalue weighted by atomic mass is 19.1. The SMILES string of the molecule is CC(=O)Oc1cccc2c1c1c(C(N)=O)cccc1n2Cc1c(F)cccc1F. The van der Waals surface area contributed by atoms with E-state index in [4.69, 9.17) is 10.5 Å². The fourth-order valence-corrected chi connectivity index (χ4v) is 3.61.